The van der Waals surface area contributed by atoms with Crippen LogP contribution < -0.4 is 5.32 Å². The summed E-state index contributed by atoms with van der Waals surface area (Å²) in [5.41, 5.74) is 0.348. The number of carbonyl (C=O) groups excluding carboxylic acids is 1. The van der Waals surface area contributed by atoms with Crippen molar-refractivity contribution in [2.45, 2.75) is 19.9 Å². The van der Waals surface area contributed by atoms with Crippen LogP contribution in [0.15, 0.2) is 30.6 Å². The number of phenolic OH excluding ortho intramolecular Hbond substituents is 2. The van der Waals surface area contributed by atoms with Crippen LogP contribution in [0.2, 0.25) is 0 Å². The van der Waals surface area contributed by atoms with Crippen LogP contribution in [0.5, 0.6) is 11.5 Å². The van der Waals surface area contributed by atoms with E-state index >= 15 is 0 Å². The fourth-order valence-electron chi connectivity index (χ4n) is 1.64. The van der Waals surface area contributed by atoms with E-state index in [9.17, 15) is 15.0 Å². The summed E-state index contributed by atoms with van der Waals surface area (Å²) in [5, 5.41) is 25.8. The number of anilines is 1. The highest BCUT2D eigenvalue weighted by Crippen LogP contribution is 2.27. The maximum Gasteiger partial charge on any atom is 0.263 e. The summed E-state index contributed by atoms with van der Waals surface area (Å²) >= 11 is 0. The Labute approximate surface area is 110 Å². The number of carbonyl (C=O) groups is 1. The third kappa shape index (κ3) is 2.67. The zero-order valence-corrected chi connectivity index (χ0v) is 10.7. The highest BCUT2D eigenvalue weighted by Gasteiger charge is 2.16. The summed E-state index contributed by atoms with van der Waals surface area (Å²) in [6.07, 6.45) is 3.19. The van der Waals surface area contributed by atoms with Crippen LogP contribution in [0, 0.1) is 0 Å². The number of phenols is 2. The van der Waals surface area contributed by atoms with Crippen LogP contribution in [-0.2, 0) is 0 Å². The standard InChI is InChI=1S/C13H15N3O3/c1-8(2)16-7-9(6-14-16)15-13(19)12-10(17)4-3-5-11(12)18/h3-8,17-18H,1-2H3,(H,15,19). The molecular weight excluding hydrogens is 246 g/mol. The molecule has 0 aliphatic carbocycles. The van der Waals surface area contributed by atoms with E-state index in [1.54, 1.807) is 10.9 Å². The van der Waals surface area contributed by atoms with Crippen LogP contribution in [0.3, 0.4) is 0 Å². The maximum absolute atomic E-state index is 12.0. The van der Waals surface area contributed by atoms with Crippen LogP contribution in [-0.4, -0.2) is 25.9 Å². The van der Waals surface area contributed by atoms with E-state index in [1.807, 2.05) is 13.8 Å². The lowest BCUT2D eigenvalue weighted by Crippen LogP contribution is -2.12. The molecule has 0 fully saturated rings. The van der Waals surface area contributed by atoms with Gasteiger partial charge in [-0.25, -0.2) is 0 Å². The van der Waals surface area contributed by atoms with Crippen LogP contribution in [0.25, 0.3) is 0 Å². The van der Waals surface area contributed by atoms with Gasteiger partial charge in [-0.15, -0.1) is 0 Å². The van der Waals surface area contributed by atoms with Gasteiger partial charge in [-0.3, -0.25) is 9.48 Å². The van der Waals surface area contributed by atoms with E-state index in [0.717, 1.165) is 0 Å². The molecule has 0 bridgehead atoms. The molecule has 1 aromatic carbocycles. The molecule has 100 valence electrons. The predicted molar refractivity (Wildman–Crippen MR) is 70.3 cm³/mol. The van der Waals surface area contributed by atoms with Gasteiger partial charge in [0.2, 0.25) is 0 Å². The molecule has 0 aliphatic rings. The Balaban J connectivity index is 2.21. The Morgan fingerprint density at radius 3 is 2.47 bits per heavy atom. The Kier molecular flexibility index (Phi) is 3.41. The Morgan fingerprint density at radius 2 is 1.95 bits per heavy atom. The van der Waals surface area contributed by atoms with Gasteiger partial charge in [0, 0.05) is 12.2 Å². The molecule has 0 spiro atoms. The van der Waals surface area contributed by atoms with Crippen molar-refractivity contribution in [1.29, 1.82) is 0 Å². The number of amides is 1. The smallest absolute Gasteiger partial charge is 0.263 e. The Morgan fingerprint density at radius 1 is 1.32 bits per heavy atom. The molecule has 1 heterocycles. The first-order chi connectivity index (χ1) is 8.99. The number of rotatable bonds is 3. The summed E-state index contributed by atoms with van der Waals surface area (Å²) in [5.74, 6) is -1.12. The van der Waals surface area contributed by atoms with Crippen LogP contribution >= 0.6 is 0 Å². The van der Waals surface area contributed by atoms with Crippen LogP contribution in [0.1, 0.15) is 30.2 Å². The van der Waals surface area contributed by atoms with Gasteiger partial charge < -0.3 is 15.5 Å². The van der Waals surface area contributed by atoms with Crippen molar-refractivity contribution in [3.63, 3.8) is 0 Å². The van der Waals surface area contributed by atoms with Gasteiger partial charge in [-0.1, -0.05) is 6.07 Å². The summed E-state index contributed by atoms with van der Waals surface area (Å²) in [6.45, 7) is 3.93. The molecule has 3 N–H and O–H groups in total. The SMILES string of the molecule is CC(C)n1cc(NC(=O)c2c(O)cccc2O)cn1. The molecule has 1 aromatic heterocycles. The van der Waals surface area contributed by atoms with Crippen molar-refractivity contribution in [2.24, 2.45) is 0 Å². The summed E-state index contributed by atoms with van der Waals surface area (Å²) < 4.78 is 1.69. The van der Waals surface area contributed by atoms with Crippen molar-refractivity contribution < 1.29 is 15.0 Å². The van der Waals surface area contributed by atoms with E-state index in [2.05, 4.69) is 10.4 Å². The minimum Gasteiger partial charge on any atom is -0.507 e. The molecule has 0 saturated heterocycles. The molecule has 0 aliphatic heterocycles. The molecular formula is C13H15N3O3. The second-order valence-corrected chi connectivity index (χ2v) is 4.43. The van der Waals surface area contributed by atoms with E-state index in [1.165, 1.54) is 24.4 Å². The van der Waals surface area contributed by atoms with Gasteiger partial charge in [-0.2, -0.15) is 5.10 Å². The first-order valence-electron chi connectivity index (χ1n) is 5.85. The largest absolute Gasteiger partial charge is 0.507 e. The molecule has 1 amide bonds. The lowest BCUT2D eigenvalue weighted by atomic mass is 10.1. The minimum atomic E-state index is -0.584. The van der Waals surface area contributed by atoms with Crippen LogP contribution in [0.4, 0.5) is 5.69 Å². The van der Waals surface area contributed by atoms with E-state index in [0.29, 0.717) is 5.69 Å². The number of aromatic hydroxyl groups is 2. The highest BCUT2D eigenvalue weighted by molar-refractivity contribution is 6.07. The molecule has 0 atom stereocenters. The Bertz CT molecular complexity index is 585. The zero-order valence-electron chi connectivity index (χ0n) is 10.7. The maximum atomic E-state index is 12.0. The first kappa shape index (κ1) is 12.9. The molecule has 0 radical (unpaired) electrons. The van der Waals surface area contributed by atoms with Gasteiger partial charge >= 0.3 is 0 Å². The minimum absolute atomic E-state index is 0.153. The zero-order chi connectivity index (χ0) is 14.0. The number of hydrogen-bond acceptors (Lipinski definition) is 4. The van der Waals surface area contributed by atoms with Gasteiger partial charge in [0.15, 0.2) is 0 Å². The fraction of sp³-hybridized carbons (Fsp3) is 0.231. The topological polar surface area (TPSA) is 87.4 Å². The average Bonchev–Trinajstić information content (AvgIpc) is 2.77. The third-order valence-electron chi connectivity index (χ3n) is 2.64. The number of hydrogen-bond donors (Lipinski definition) is 3. The van der Waals surface area contributed by atoms with Crippen molar-refractivity contribution in [3.05, 3.63) is 36.2 Å². The van der Waals surface area contributed by atoms with Gasteiger partial charge in [-0.05, 0) is 26.0 Å². The molecule has 0 unspecified atom stereocenters. The molecule has 19 heavy (non-hydrogen) atoms. The molecule has 6 heteroatoms. The lowest BCUT2D eigenvalue weighted by molar-refractivity contribution is 0.102. The van der Waals surface area contributed by atoms with E-state index < -0.39 is 5.91 Å². The van der Waals surface area contributed by atoms with Crippen molar-refractivity contribution in [3.8, 4) is 11.5 Å². The van der Waals surface area contributed by atoms with Crippen molar-refractivity contribution in [1.82, 2.24) is 9.78 Å². The van der Waals surface area contributed by atoms with E-state index in [-0.39, 0.29) is 23.1 Å². The number of nitrogens with zero attached hydrogens (tertiary/aromatic N) is 2. The molecule has 2 aromatic rings. The fourth-order valence-corrected chi connectivity index (χ4v) is 1.64. The highest BCUT2D eigenvalue weighted by atomic mass is 16.3. The molecule has 0 saturated carbocycles. The normalized spacial score (nSPS) is 10.7. The molecule has 6 nitrogen and oxygen atoms in total. The van der Waals surface area contributed by atoms with Gasteiger partial charge in [0.05, 0.1) is 11.9 Å². The first-order valence-corrected chi connectivity index (χ1v) is 5.85. The number of benzene rings is 1. The summed E-state index contributed by atoms with van der Waals surface area (Å²) in [4.78, 5) is 12.0. The summed E-state index contributed by atoms with van der Waals surface area (Å²) in [7, 11) is 0. The number of aromatic nitrogens is 2. The second-order valence-electron chi connectivity index (χ2n) is 4.43. The third-order valence-corrected chi connectivity index (χ3v) is 2.64. The Hall–Kier alpha value is -2.50. The van der Waals surface area contributed by atoms with E-state index in [4.69, 9.17) is 0 Å². The quantitative estimate of drug-likeness (QED) is 0.789. The number of nitrogens with one attached hydrogen (secondary N) is 1. The van der Waals surface area contributed by atoms with Crippen molar-refractivity contribution in [2.75, 3.05) is 5.32 Å². The second kappa shape index (κ2) is 5.01. The van der Waals surface area contributed by atoms with Gasteiger partial charge in [0.1, 0.15) is 17.1 Å². The van der Waals surface area contributed by atoms with Gasteiger partial charge in [0.25, 0.3) is 5.91 Å². The predicted octanol–water partition coefficient (Wildman–Crippen LogP) is 2.13. The monoisotopic (exact) mass is 261 g/mol. The lowest BCUT2D eigenvalue weighted by Gasteiger charge is -2.07. The van der Waals surface area contributed by atoms with Crippen molar-refractivity contribution >= 4 is 11.6 Å². The summed E-state index contributed by atoms with van der Waals surface area (Å²) in [6, 6.07) is 4.32. The average molecular weight is 261 g/mol. The molecule has 2 rings (SSSR count).